The van der Waals surface area contributed by atoms with Gasteiger partial charge in [0, 0.05) is 37.0 Å². The van der Waals surface area contributed by atoms with E-state index in [4.69, 9.17) is 9.47 Å². The van der Waals surface area contributed by atoms with Crippen LogP contribution in [0.5, 0.6) is 0 Å². The van der Waals surface area contributed by atoms with E-state index in [9.17, 15) is 14.4 Å². The van der Waals surface area contributed by atoms with Crippen LogP contribution in [0.3, 0.4) is 0 Å². The van der Waals surface area contributed by atoms with Crippen molar-refractivity contribution >= 4 is 17.9 Å². The Kier molecular flexibility index (Phi) is 6.58. The van der Waals surface area contributed by atoms with Crippen molar-refractivity contribution in [2.45, 2.75) is 63.8 Å². The Balaban J connectivity index is 1.91. The molecule has 26 heavy (non-hydrogen) atoms. The summed E-state index contributed by atoms with van der Waals surface area (Å²) in [4.78, 5) is 37.5. The van der Waals surface area contributed by atoms with Crippen molar-refractivity contribution in [3.05, 3.63) is 23.8 Å². The molecule has 2 rings (SSSR count). The van der Waals surface area contributed by atoms with Crippen molar-refractivity contribution in [3.8, 4) is 0 Å². The van der Waals surface area contributed by atoms with Gasteiger partial charge in [0.25, 0.3) is 0 Å². The highest BCUT2D eigenvalue weighted by Crippen LogP contribution is 2.37. The zero-order valence-electron chi connectivity index (χ0n) is 15.8. The van der Waals surface area contributed by atoms with E-state index in [-0.39, 0.29) is 42.3 Å². The Morgan fingerprint density at radius 2 is 1.85 bits per heavy atom. The van der Waals surface area contributed by atoms with Gasteiger partial charge in [0.1, 0.15) is 12.2 Å². The summed E-state index contributed by atoms with van der Waals surface area (Å²) >= 11 is 0. The predicted octanol–water partition coefficient (Wildman–Crippen LogP) is 1.76. The molecule has 0 amide bonds. The van der Waals surface area contributed by atoms with Gasteiger partial charge in [-0.05, 0) is 20.9 Å². The van der Waals surface area contributed by atoms with Crippen LogP contribution in [-0.2, 0) is 28.6 Å². The van der Waals surface area contributed by atoms with E-state index < -0.39 is 11.9 Å². The number of rotatable bonds is 6. The average molecular weight is 365 g/mol. The van der Waals surface area contributed by atoms with Gasteiger partial charge in [-0.25, -0.2) is 9.59 Å². The SMILES string of the molecule is C=C(CC(=O)O[C@@H]1C[C@@H]2C[C@@H](OC(=O)C=C(C)C)[C@H](C1)N2C)C(=O)OC. The first kappa shape index (κ1) is 20.2. The number of fused-ring (bicyclic) bond motifs is 2. The van der Waals surface area contributed by atoms with E-state index in [2.05, 4.69) is 16.2 Å². The number of hydrogen-bond donors (Lipinski definition) is 0. The Morgan fingerprint density at radius 3 is 2.46 bits per heavy atom. The molecule has 0 unspecified atom stereocenters. The average Bonchev–Trinajstić information content (AvgIpc) is 2.71. The quantitative estimate of drug-likeness (QED) is 0.403. The molecular weight excluding hydrogens is 338 g/mol. The van der Waals surface area contributed by atoms with Crippen molar-refractivity contribution in [3.63, 3.8) is 0 Å². The molecule has 7 heteroatoms. The molecular formula is C19H27NO6. The Bertz CT molecular complexity index is 622. The molecule has 0 N–H and O–H groups in total. The molecule has 0 radical (unpaired) electrons. The number of carbonyl (C=O) groups is 3. The molecule has 2 saturated heterocycles. The molecule has 0 spiro atoms. The van der Waals surface area contributed by atoms with Crippen LogP contribution in [0.25, 0.3) is 0 Å². The molecule has 2 heterocycles. The lowest BCUT2D eigenvalue weighted by atomic mass is 10.00. The maximum Gasteiger partial charge on any atom is 0.333 e. The number of ether oxygens (including phenoxy) is 3. The number of likely N-dealkylation sites (N-methyl/N-ethyl adjacent to an activating group) is 1. The highest BCUT2D eigenvalue weighted by molar-refractivity contribution is 5.93. The van der Waals surface area contributed by atoms with E-state index >= 15 is 0 Å². The smallest absolute Gasteiger partial charge is 0.333 e. The van der Waals surface area contributed by atoms with Crippen molar-refractivity contribution in [1.29, 1.82) is 0 Å². The number of carbonyl (C=O) groups excluding carboxylic acids is 3. The third-order valence-electron chi connectivity index (χ3n) is 4.88. The lowest BCUT2D eigenvalue weighted by molar-refractivity contribution is -0.154. The van der Waals surface area contributed by atoms with Gasteiger partial charge in [0.2, 0.25) is 0 Å². The standard InChI is InChI=1S/C19H27NO6/c1-11(2)6-17(21)26-16-9-13-8-14(10-15(16)20(13)4)25-18(22)7-12(3)19(23)24-5/h6,13-16H,3,7-10H2,1-2,4-5H3/t13-,14-,15+,16-/m1/s1. The summed E-state index contributed by atoms with van der Waals surface area (Å²) in [6.07, 6.45) is 2.84. The fourth-order valence-electron chi connectivity index (χ4n) is 3.63. The number of nitrogens with zero attached hydrogens (tertiary/aromatic N) is 1. The van der Waals surface area contributed by atoms with Crippen LogP contribution >= 0.6 is 0 Å². The molecule has 2 aliphatic rings. The Hall–Kier alpha value is -2.15. The number of piperidine rings is 1. The second-order valence-corrected chi connectivity index (χ2v) is 7.17. The second kappa shape index (κ2) is 8.49. The minimum Gasteiger partial charge on any atom is -0.466 e. The number of esters is 3. The monoisotopic (exact) mass is 365 g/mol. The Labute approximate surface area is 154 Å². The fourth-order valence-corrected chi connectivity index (χ4v) is 3.63. The summed E-state index contributed by atoms with van der Waals surface area (Å²) in [7, 11) is 3.24. The van der Waals surface area contributed by atoms with Gasteiger partial charge in [-0.3, -0.25) is 9.69 Å². The summed E-state index contributed by atoms with van der Waals surface area (Å²) < 4.78 is 15.6. The first-order chi connectivity index (χ1) is 12.2. The zero-order valence-corrected chi connectivity index (χ0v) is 15.8. The molecule has 0 aromatic carbocycles. The molecule has 0 aromatic heterocycles. The van der Waals surface area contributed by atoms with Crippen LogP contribution in [0.1, 0.15) is 39.5 Å². The van der Waals surface area contributed by atoms with E-state index in [1.54, 1.807) is 0 Å². The summed E-state index contributed by atoms with van der Waals surface area (Å²) in [5.74, 6) is -1.44. The van der Waals surface area contributed by atoms with E-state index in [0.29, 0.717) is 12.8 Å². The normalized spacial score (nSPS) is 27.4. The molecule has 2 bridgehead atoms. The Morgan fingerprint density at radius 1 is 1.15 bits per heavy atom. The van der Waals surface area contributed by atoms with Crippen molar-refractivity contribution in [2.75, 3.05) is 14.2 Å². The van der Waals surface area contributed by atoms with Crippen LogP contribution in [0.2, 0.25) is 0 Å². The topological polar surface area (TPSA) is 82.1 Å². The van der Waals surface area contributed by atoms with Crippen LogP contribution in [-0.4, -0.2) is 61.3 Å². The van der Waals surface area contributed by atoms with Crippen LogP contribution in [0.15, 0.2) is 23.8 Å². The van der Waals surface area contributed by atoms with Gasteiger partial charge in [-0.1, -0.05) is 12.2 Å². The lowest BCUT2D eigenvalue weighted by Crippen LogP contribution is -2.46. The van der Waals surface area contributed by atoms with Gasteiger partial charge in [0.05, 0.1) is 19.6 Å². The molecule has 144 valence electrons. The zero-order chi connectivity index (χ0) is 19.4. The molecule has 2 aliphatic heterocycles. The highest BCUT2D eigenvalue weighted by atomic mass is 16.6. The minimum atomic E-state index is -0.614. The summed E-state index contributed by atoms with van der Waals surface area (Å²) in [6, 6.07) is 0.213. The number of hydrogen-bond acceptors (Lipinski definition) is 7. The molecule has 4 atom stereocenters. The van der Waals surface area contributed by atoms with Gasteiger partial charge >= 0.3 is 17.9 Å². The number of allylic oxidation sites excluding steroid dienone is 1. The van der Waals surface area contributed by atoms with Crippen LogP contribution < -0.4 is 0 Å². The highest BCUT2D eigenvalue weighted by Gasteiger charge is 2.47. The van der Waals surface area contributed by atoms with E-state index in [1.807, 2.05) is 20.9 Å². The third kappa shape index (κ3) is 4.94. The van der Waals surface area contributed by atoms with Crippen LogP contribution in [0.4, 0.5) is 0 Å². The fraction of sp³-hybridized carbons (Fsp3) is 0.632. The molecule has 0 aliphatic carbocycles. The first-order valence-corrected chi connectivity index (χ1v) is 8.74. The van der Waals surface area contributed by atoms with Gasteiger partial charge < -0.3 is 14.2 Å². The van der Waals surface area contributed by atoms with E-state index in [0.717, 1.165) is 12.0 Å². The maximum absolute atomic E-state index is 12.0. The molecule has 7 nitrogen and oxygen atoms in total. The van der Waals surface area contributed by atoms with Crippen molar-refractivity contribution in [2.24, 2.45) is 0 Å². The van der Waals surface area contributed by atoms with Gasteiger partial charge in [-0.15, -0.1) is 0 Å². The summed E-state index contributed by atoms with van der Waals surface area (Å²) in [6.45, 7) is 7.23. The second-order valence-electron chi connectivity index (χ2n) is 7.17. The largest absolute Gasteiger partial charge is 0.466 e. The minimum absolute atomic E-state index is 0.0184. The molecule has 0 aromatic rings. The van der Waals surface area contributed by atoms with Crippen molar-refractivity contribution in [1.82, 2.24) is 4.90 Å². The maximum atomic E-state index is 12.0. The summed E-state index contributed by atoms with van der Waals surface area (Å²) in [5.41, 5.74) is 0.962. The van der Waals surface area contributed by atoms with Gasteiger partial charge in [-0.2, -0.15) is 0 Å². The molecule has 0 saturated carbocycles. The summed E-state index contributed by atoms with van der Waals surface area (Å²) in [5, 5.41) is 0. The van der Waals surface area contributed by atoms with Crippen molar-refractivity contribution < 1.29 is 28.6 Å². The lowest BCUT2D eigenvalue weighted by Gasteiger charge is -2.36. The van der Waals surface area contributed by atoms with Gasteiger partial charge in [0.15, 0.2) is 0 Å². The predicted molar refractivity (Wildman–Crippen MR) is 94.2 cm³/mol. The van der Waals surface area contributed by atoms with Crippen LogP contribution in [0, 0.1) is 0 Å². The van der Waals surface area contributed by atoms with E-state index in [1.165, 1.54) is 13.2 Å². The number of methoxy groups -OCH3 is 1. The first-order valence-electron chi connectivity index (χ1n) is 8.74. The third-order valence-corrected chi connectivity index (χ3v) is 4.88. The molecule has 2 fully saturated rings.